The van der Waals surface area contributed by atoms with Crippen LogP contribution in [0.5, 0.6) is 0 Å². The van der Waals surface area contributed by atoms with Crippen LogP contribution in [0.3, 0.4) is 0 Å². The number of allylic oxidation sites excluding steroid dienone is 5. The first-order valence-electron chi connectivity index (χ1n) is 8.64. The van der Waals surface area contributed by atoms with Gasteiger partial charge in [-0.15, -0.1) is 0 Å². The molecule has 0 aliphatic rings. The Labute approximate surface area is 142 Å². The summed E-state index contributed by atoms with van der Waals surface area (Å²) in [6, 6.07) is 8.81. The molecule has 0 saturated carbocycles. The molecule has 0 spiro atoms. The van der Waals surface area contributed by atoms with Gasteiger partial charge in [0, 0.05) is 0 Å². The van der Waals surface area contributed by atoms with Crippen molar-refractivity contribution in [1.82, 2.24) is 0 Å². The Morgan fingerprint density at radius 3 is 1.91 bits per heavy atom. The fraction of sp³-hybridized carbons (Fsp3) is 0.455. The summed E-state index contributed by atoms with van der Waals surface area (Å²) in [5.74, 6) is 0. The first-order chi connectivity index (χ1) is 11.0. The molecule has 0 fully saturated rings. The standard InChI is InChI=1S/C22H32O/c1-18(7-5-9-19(2)15-16-23)8-6-10-21(4)17-22-13-11-20(3)12-14-22/h7,10-15,23H,5-6,8-9,16-17H2,1-4H3/b18-7+,19-15+,21-10+. The molecule has 1 rings (SSSR count). The first-order valence-corrected chi connectivity index (χ1v) is 8.64. The van der Waals surface area contributed by atoms with Crippen molar-refractivity contribution in [3.63, 3.8) is 0 Å². The molecule has 0 bridgehead atoms. The van der Waals surface area contributed by atoms with Gasteiger partial charge in [-0.25, -0.2) is 0 Å². The summed E-state index contributed by atoms with van der Waals surface area (Å²) in [5.41, 5.74) is 6.89. The number of aliphatic hydroxyl groups is 1. The van der Waals surface area contributed by atoms with Gasteiger partial charge in [-0.05, 0) is 65.4 Å². The number of hydrogen-bond acceptors (Lipinski definition) is 1. The van der Waals surface area contributed by atoms with E-state index in [-0.39, 0.29) is 6.61 Å². The zero-order valence-electron chi connectivity index (χ0n) is 15.2. The quantitative estimate of drug-likeness (QED) is 0.560. The third-order valence-electron chi connectivity index (χ3n) is 4.11. The van der Waals surface area contributed by atoms with Crippen molar-refractivity contribution < 1.29 is 5.11 Å². The molecule has 0 aliphatic heterocycles. The van der Waals surface area contributed by atoms with Gasteiger partial charge in [-0.2, -0.15) is 0 Å². The normalized spacial score (nSPS) is 13.5. The van der Waals surface area contributed by atoms with E-state index in [2.05, 4.69) is 64.1 Å². The molecule has 126 valence electrons. The van der Waals surface area contributed by atoms with Crippen LogP contribution in [0.15, 0.2) is 59.2 Å². The lowest BCUT2D eigenvalue weighted by molar-refractivity contribution is 0.341. The summed E-state index contributed by atoms with van der Waals surface area (Å²) in [7, 11) is 0. The second kappa shape index (κ2) is 11.0. The molecule has 1 heteroatoms. The number of hydrogen-bond donors (Lipinski definition) is 1. The van der Waals surface area contributed by atoms with Gasteiger partial charge in [0.05, 0.1) is 6.61 Å². The van der Waals surface area contributed by atoms with Crippen LogP contribution in [-0.2, 0) is 6.42 Å². The molecule has 1 nitrogen and oxygen atoms in total. The molecule has 0 aromatic heterocycles. The topological polar surface area (TPSA) is 20.2 Å². The molecule has 23 heavy (non-hydrogen) atoms. The van der Waals surface area contributed by atoms with Crippen LogP contribution >= 0.6 is 0 Å². The van der Waals surface area contributed by atoms with Crippen LogP contribution in [0.1, 0.15) is 57.6 Å². The molecule has 0 amide bonds. The van der Waals surface area contributed by atoms with E-state index in [1.54, 1.807) is 0 Å². The summed E-state index contributed by atoms with van der Waals surface area (Å²) in [5, 5.41) is 8.83. The van der Waals surface area contributed by atoms with E-state index in [9.17, 15) is 0 Å². The van der Waals surface area contributed by atoms with E-state index in [1.165, 1.54) is 27.8 Å². The Kier molecular flexibility index (Phi) is 9.31. The van der Waals surface area contributed by atoms with E-state index < -0.39 is 0 Å². The highest BCUT2D eigenvalue weighted by atomic mass is 16.2. The van der Waals surface area contributed by atoms with E-state index in [0.717, 1.165) is 32.1 Å². The molecule has 0 heterocycles. The second-order valence-corrected chi connectivity index (χ2v) is 6.57. The lowest BCUT2D eigenvalue weighted by Gasteiger charge is -2.04. The zero-order valence-corrected chi connectivity index (χ0v) is 15.2. The highest BCUT2D eigenvalue weighted by Gasteiger charge is 1.96. The number of rotatable bonds is 9. The molecular formula is C22H32O. The number of aryl methyl sites for hydroxylation is 1. The lowest BCUT2D eigenvalue weighted by Crippen LogP contribution is -1.88. The average molecular weight is 312 g/mol. The van der Waals surface area contributed by atoms with Crippen molar-refractivity contribution in [3.8, 4) is 0 Å². The van der Waals surface area contributed by atoms with Crippen molar-refractivity contribution in [3.05, 3.63) is 70.3 Å². The minimum atomic E-state index is 0.152. The highest BCUT2D eigenvalue weighted by molar-refractivity contribution is 5.25. The summed E-state index contributed by atoms with van der Waals surface area (Å²) < 4.78 is 0. The van der Waals surface area contributed by atoms with E-state index in [1.807, 2.05) is 6.08 Å². The minimum absolute atomic E-state index is 0.152. The highest BCUT2D eigenvalue weighted by Crippen LogP contribution is 2.13. The Morgan fingerprint density at radius 2 is 1.35 bits per heavy atom. The molecule has 0 aliphatic carbocycles. The molecule has 0 radical (unpaired) electrons. The summed E-state index contributed by atoms with van der Waals surface area (Å²) >= 11 is 0. The minimum Gasteiger partial charge on any atom is -0.392 e. The van der Waals surface area contributed by atoms with Crippen molar-refractivity contribution in [2.45, 2.75) is 59.8 Å². The molecule has 0 atom stereocenters. The lowest BCUT2D eigenvalue weighted by atomic mass is 10.0. The Hall–Kier alpha value is -1.60. The Morgan fingerprint density at radius 1 is 0.826 bits per heavy atom. The zero-order chi connectivity index (χ0) is 17.1. The summed E-state index contributed by atoms with van der Waals surface area (Å²) in [6.45, 7) is 8.80. The van der Waals surface area contributed by atoms with Gasteiger partial charge in [-0.1, -0.05) is 64.8 Å². The number of aliphatic hydroxyl groups excluding tert-OH is 1. The maximum atomic E-state index is 8.83. The monoisotopic (exact) mass is 312 g/mol. The predicted octanol–water partition coefficient (Wildman–Crippen LogP) is 5.93. The predicted molar refractivity (Wildman–Crippen MR) is 102 cm³/mol. The van der Waals surface area contributed by atoms with Gasteiger partial charge in [0.15, 0.2) is 0 Å². The van der Waals surface area contributed by atoms with E-state index in [4.69, 9.17) is 5.11 Å². The smallest absolute Gasteiger partial charge is 0.0614 e. The van der Waals surface area contributed by atoms with E-state index in [0.29, 0.717) is 0 Å². The van der Waals surface area contributed by atoms with Crippen LogP contribution in [0.4, 0.5) is 0 Å². The molecule has 1 N–H and O–H groups in total. The number of benzene rings is 1. The van der Waals surface area contributed by atoms with Gasteiger partial charge in [-0.3, -0.25) is 0 Å². The van der Waals surface area contributed by atoms with Gasteiger partial charge in [0.25, 0.3) is 0 Å². The summed E-state index contributed by atoms with van der Waals surface area (Å²) in [6.07, 6.45) is 12.0. The van der Waals surface area contributed by atoms with Crippen molar-refractivity contribution in [2.24, 2.45) is 0 Å². The largest absolute Gasteiger partial charge is 0.392 e. The Balaban J connectivity index is 2.33. The van der Waals surface area contributed by atoms with E-state index >= 15 is 0 Å². The van der Waals surface area contributed by atoms with Crippen LogP contribution in [0.2, 0.25) is 0 Å². The van der Waals surface area contributed by atoms with Crippen LogP contribution < -0.4 is 0 Å². The SMILES string of the molecule is C/C(=C\CO)CC/C=C(\C)CC/C=C(\C)Cc1ccc(C)cc1. The van der Waals surface area contributed by atoms with Crippen LogP contribution in [0.25, 0.3) is 0 Å². The third-order valence-corrected chi connectivity index (χ3v) is 4.11. The molecule has 1 aromatic carbocycles. The van der Waals surface area contributed by atoms with Gasteiger partial charge >= 0.3 is 0 Å². The van der Waals surface area contributed by atoms with Gasteiger partial charge in [0.1, 0.15) is 0 Å². The first kappa shape index (κ1) is 19.4. The van der Waals surface area contributed by atoms with Crippen molar-refractivity contribution >= 4 is 0 Å². The van der Waals surface area contributed by atoms with Gasteiger partial charge < -0.3 is 5.11 Å². The maximum Gasteiger partial charge on any atom is 0.0614 e. The maximum absolute atomic E-state index is 8.83. The molecule has 0 unspecified atom stereocenters. The van der Waals surface area contributed by atoms with Gasteiger partial charge in [0.2, 0.25) is 0 Å². The Bertz CT molecular complexity index is 544. The molecule has 1 aromatic rings. The molecular weight excluding hydrogens is 280 g/mol. The second-order valence-electron chi connectivity index (χ2n) is 6.57. The fourth-order valence-electron chi connectivity index (χ4n) is 2.55. The molecule has 0 saturated heterocycles. The third kappa shape index (κ3) is 9.20. The average Bonchev–Trinajstić information content (AvgIpc) is 2.50. The van der Waals surface area contributed by atoms with Crippen LogP contribution in [0, 0.1) is 6.92 Å². The van der Waals surface area contributed by atoms with Crippen molar-refractivity contribution in [2.75, 3.05) is 6.61 Å². The summed E-state index contributed by atoms with van der Waals surface area (Å²) in [4.78, 5) is 0. The van der Waals surface area contributed by atoms with Crippen LogP contribution in [-0.4, -0.2) is 11.7 Å². The van der Waals surface area contributed by atoms with Crippen molar-refractivity contribution in [1.29, 1.82) is 0 Å². The fourth-order valence-corrected chi connectivity index (χ4v) is 2.55.